The number of para-hydroxylation sites is 1. The van der Waals surface area contributed by atoms with Crippen molar-refractivity contribution in [1.82, 2.24) is 0 Å². The molecule has 0 aliphatic heterocycles. The number of hydrogen-bond acceptors (Lipinski definition) is 4. The number of carbonyl (C=O) groups excluding carboxylic acids is 1. The van der Waals surface area contributed by atoms with Crippen LogP contribution < -0.4 is 9.47 Å². The molecule has 4 nitrogen and oxygen atoms in total. The summed E-state index contributed by atoms with van der Waals surface area (Å²) < 4.78 is 17.8. The Kier molecular flexibility index (Phi) is 14.9. The van der Waals surface area contributed by atoms with E-state index in [-0.39, 0.29) is 12.1 Å². The summed E-state index contributed by atoms with van der Waals surface area (Å²) in [6.07, 6.45) is 13.4. The second-order valence-corrected chi connectivity index (χ2v) is 11.0. The highest BCUT2D eigenvalue weighted by atomic mass is 16.5. The highest BCUT2D eigenvalue weighted by Gasteiger charge is 2.13. The number of ether oxygens (including phenoxy) is 3. The van der Waals surface area contributed by atoms with Gasteiger partial charge in [-0.05, 0) is 54.7 Å². The van der Waals surface area contributed by atoms with E-state index in [1.807, 2.05) is 49.4 Å². The third-order valence-corrected chi connectivity index (χ3v) is 7.46. The summed E-state index contributed by atoms with van der Waals surface area (Å²) >= 11 is 0. The molecule has 0 N–H and O–H groups in total. The number of carbonyl (C=O) groups is 1. The molecule has 0 amide bonds. The van der Waals surface area contributed by atoms with Crippen LogP contribution in [0.5, 0.6) is 11.5 Å². The van der Waals surface area contributed by atoms with Gasteiger partial charge in [0, 0.05) is 12.0 Å². The van der Waals surface area contributed by atoms with Crippen LogP contribution in [0.2, 0.25) is 0 Å². The first-order valence-corrected chi connectivity index (χ1v) is 15.8. The van der Waals surface area contributed by atoms with Crippen LogP contribution in [0, 0.1) is 0 Å². The van der Waals surface area contributed by atoms with Crippen molar-refractivity contribution in [2.45, 2.75) is 111 Å². The molecule has 4 heteroatoms. The van der Waals surface area contributed by atoms with E-state index in [0.717, 1.165) is 59.6 Å². The van der Waals surface area contributed by atoms with Gasteiger partial charge in [-0.3, -0.25) is 4.79 Å². The van der Waals surface area contributed by atoms with E-state index < -0.39 is 0 Å². The van der Waals surface area contributed by atoms with E-state index in [0.29, 0.717) is 13.0 Å². The van der Waals surface area contributed by atoms with Crippen LogP contribution >= 0.6 is 0 Å². The maximum atomic E-state index is 12.3. The van der Waals surface area contributed by atoms with Gasteiger partial charge >= 0.3 is 5.97 Å². The molecule has 1 unspecified atom stereocenters. The first-order valence-electron chi connectivity index (χ1n) is 15.8. The smallest absolute Gasteiger partial charge is 0.306 e. The Bertz CT molecular complexity index is 1120. The minimum atomic E-state index is -0.267. The maximum absolute atomic E-state index is 12.3. The number of benzene rings is 3. The predicted molar refractivity (Wildman–Crippen MR) is 169 cm³/mol. The van der Waals surface area contributed by atoms with Gasteiger partial charge in [0.05, 0.1) is 6.61 Å². The van der Waals surface area contributed by atoms with Crippen molar-refractivity contribution < 1.29 is 19.0 Å². The molecule has 0 fully saturated rings. The average molecular weight is 559 g/mol. The molecule has 222 valence electrons. The summed E-state index contributed by atoms with van der Waals surface area (Å²) in [6, 6.07) is 24.5. The highest BCUT2D eigenvalue weighted by Crippen LogP contribution is 2.32. The Hall–Kier alpha value is -3.27. The van der Waals surface area contributed by atoms with Crippen molar-refractivity contribution in [3.05, 3.63) is 83.9 Å². The number of unbranched alkanes of at least 4 members (excludes halogenated alkanes) is 9. The Morgan fingerprint density at radius 1 is 0.683 bits per heavy atom. The highest BCUT2D eigenvalue weighted by molar-refractivity contribution is 5.71. The molecule has 3 rings (SSSR count). The minimum absolute atomic E-state index is 0.116. The molecule has 0 bridgehead atoms. The molecule has 0 aliphatic rings. The number of hydrogen-bond donors (Lipinski definition) is 0. The molecular formula is C37H50O4. The largest absolute Gasteiger partial charge is 0.494 e. The molecule has 0 heterocycles. The van der Waals surface area contributed by atoms with Gasteiger partial charge in [-0.1, -0.05) is 126 Å². The quantitative estimate of drug-likeness (QED) is 0.102. The summed E-state index contributed by atoms with van der Waals surface area (Å²) in [6.45, 7) is 7.63. The van der Waals surface area contributed by atoms with Crippen LogP contribution in [0.15, 0.2) is 72.8 Å². The summed E-state index contributed by atoms with van der Waals surface area (Å²) in [5.74, 6) is 1.63. The molecule has 1 atom stereocenters. The summed E-state index contributed by atoms with van der Waals surface area (Å²) in [5, 5.41) is 0. The second kappa shape index (κ2) is 19.0. The second-order valence-electron chi connectivity index (χ2n) is 11.0. The molecular weight excluding hydrogens is 508 g/mol. The fraction of sp³-hybridized carbons (Fsp3) is 0.486. The van der Waals surface area contributed by atoms with Crippen molar-refractivity contribution >= 4 is 5.97 Å². The van der Waals surface area contributed by atoms with E-state index in [2.05, 4.69) is 44.2 Å². The molecule has 0 spiro atoms. The van der Waals surface area contributed by atoms with Crippen LogP contribution in [0.3, 0.4) is 0 Å². The Labute approximate surface area is 248 Å². The van der Waals surface area contributed by atoms with Crippen LogP contribution in [0.1, 0.15) is 115 Å². The lowest BCUT2D eigenvalue weighted by Crippen LogP contribution is -2.08. The monoisotopic (exact) mass is 558 g/mol. The molecule has 3 aromatic rings. The third kappa shape index (κ3) is 12.0. The normalized spacial score (nSPS) is 11.7. The van der Waals surface area contributed by atoms with E-state index in [9.17, 15) is 4.79 Å². The van der Waals surface area contributed by atoms with E-state index in [1.54, 1.807) is 0 Å². The Balaban J connectivity index is 1.47. The number of esters is 1. The van der Waals surface area contributed by atoms with Gasteiger partial charge in [-0.25, -0.2) is 0 Å². The molecule has 0 radical (unpaired) electrons. The predicted octanol–water partition coefficient (Wildman–Crippen LogP) is 10.6. The van der Waals surface area contributed by atoms with E-state index in [4.69, 9.17) is 14.2 Å². The SMILES string of the molecule is CCCCCCCCOc1ccc(COc2ccccc2-c2ccc(C(C)OC(=O)CCCCCCC)cc2)cc1. The van der Waals surface area contributed by atoms with E-state index in [1.165, 1.54) is 51.4 Å². The molecule has 0 saturated carbocycles. The van der Waals surface area contributed by atoms with Crippen LogP contribution in [0.25, 0.3) is 11.1 Å². The van der Waals surface area contributed by atoms with Gasteiger partial charge in [0.25, 0.3) is 0 Å². The van der Waals surface area contributed by atoms with Gasteiger partial charge in [0.15, 0.2) is 0 Å². The van der Waals surface area contributed by atoms with Crippen molar-refractivity contribution in [1.29, 1.82) is 0 Å². The van der Waals surface area contributed by atoms with Gasteiger partial charge in [0.2, 0.25) is 0 Å². The van der Waals surface area contributed by atoms with Crippen molar-refractivity contribution in [2.24, 2.45) is 0 Å². The molecule has 3 aromatic carbocycles. The standard InChI is InChI=1S/C37H50O4/c1-4-6-8-10-12-16-28-39-34-26-20-31(21-27-34)29-40-36-18-15-14-17-35(36)33-24-22-32(23-25-33)30(3)41-37(38)19-13-11-9-7-5-2/h14-15,17-18,20-27,30H,4-13,16,19,28-29H2,1-3H3. The van der Waals surface area contributed by atoms with Crippen LogP contribution in [0.4, 0.5) is 0 Å². The zero-order valence-corrected chi connectivity index (χ0v) is 25.5. The topological polar surface area (TPSA) is 44.8 Å². The van der Waals surface area contributed by atoms with E-state index >= 15 is 0 Å². The molecule has 0 saturated heterocycles. The van der Waals surface area contributed by atoms with Crippen molar-refractivity contribution in [3.8, 4) is 22.6 Å². The first kappa shape index (κ1) is 32.2. The van der Waals surface area contributed by atoms with Gasteiger partial charge in [-0.15, -0.1) is 0 Å². The van der Waals surface area contributed by atoms with Crippen molar-refractivity contribution in [3.63, 3.8) is 0 Å². The van der Waals surface area contributed by atoms with Crippen LogP contribution in [-0.2, 0) is 16.1 Å². The minimum Gasteiger partial charge on any atom is -0.494 e. The summed E-state index contributed by atoms with van der Waals surface area (Å²) in [4.78, 5) is 12.3. The maximum Gasteiger partial charge on any atom is 0.306 e. The van der Waals surface area contributed by atoms with Crippen LogP contribution in [-0.4, -0.2) is 12.6 Å². The zero-order valence-electron chi connectivity index (χ0n) is 25.5. The van der Waals surface area contributed by atoms with Crippen molar-refractivity contribution in [2.75, 3.05) is 6.61 Å². The average Bonchev–Trinajstić information content (AvgIpc) is 3.00. The van der Waals surface area contributed by atoms with Gasteiger partial charge in [-0.2, -0.15) is 0 Å². The molecule has 41 heavy (non-hydrogen) atoms. The first-order chi connectivity index (χ1) is 20.1. The fourth-order valence-electron chi connectivity index (χ4n) is 4.88. The Morgan fingerprint density at radius 3 is 2.02 bits per heavy atom. The summed E-state index contributed by atoms with van der Waals surface area (Å²) in [7, 11) is 0. The lowest BCUT2D eigenvalue weighted by atomic mass is 10.0. The summed E-state index contributed by atoms with van der Waals surface area (Å²) in [5.41, 5.74) is 4.19. The van der Waals surface area contributed by atoms with Gasteiger partial charge in [0.1, 0.15) is 24.2 Å². The Morgan fingerprint density at radius 2 is 1.32 bits per heavy atom. The lowest BCUT2D eigenvalue weighted by molar-refractivity contribution is -0.148. The molecule has 0 aromatic heterocycles. The fourth-order valence-corrected chi connectivity index (χ4v) is 4.88. The lowest BCUT2D eigenvalue weighted by Gasteiger charge is -2.15. The zero-order chi connectivity index (χ0) is 29.1. The van der Waals surface area contributed by atoms with Gasteiger partial charge < -0.3 is 14.2 Å². The third-order valence-electron chi connectivity index (χ3n) is 7.46. The molecule has 0 aliphatic carbocycles. The number of rotatable bonds is 20.